The summed E-state index contributed by atoms with van der Waals surface area (Å²) in [5, 5.41) is 2.46. The van der Waals surface area contributed by atoms with Crippen LogP contribution in [-0.2, 0) is 0 Å². The molecule has 1 atom stereocenters. The predicted octanol–water partition coefficient (Wildman–Crippen LogP) is 16.8. The normalized spacial score (nSPS) is 12.1. The summed E-state index contributed by atoms with van der Waals surface area (Å²) in [5.74, 6) is 2.70. The van der Waals surface area contributed by atoms with Crippen molar-refractivity contribution in [1.29, 1.82) is 0 Å². The van der Waals surface area contributed by atoms with Gasteiger partial charge in [0, 0.05) is 33.5 Å². The minimum atomic E-state index is 0.119. The van der Waals surface area contributed by atoms with E-state index in [1.165, 1.54) is 67.2 Å². The van der Waals surface area contributed by atoms with Crippen molar-refractivity contribution in [2.45, 2.75) is 60.0 Å². The van der Waals surface area contributed by atoms with Crippen molar-refractivity contribution >= 4 is 38.9 Å². The predicted molar refractivity (Wildman–Crippen MR) is 265 cm³/mol. The van der Waals surface area contributed by atoms with Crippen molar-refractivity contribution in [3.05, 3.63) is 200 Å². The van der Waals surface area contributed by atoms with Crippen LogP contribution in [0.2, 0.25) is 0 Å². The van der Waals surface area contributed by atoms with Gasteiger partial charge in [0.1, 0.15) is 5.75 Å². The van der Waals surface area contributed by atoms with Crippen LogP contribution < -0.4 is 9.64 Å². The zero-order chi connectivity index (χ0) is 42.7. The number of para-hydroxylation sites is 1. The minimum Gasteiger partial charge on any atom is -0.491 e. The molecular weight excluding hydrogens is 753 g/mol. The highest BCUT2D eigenvalue weighted by atomic mass is 16.5. The second-order valence-corrected chi connectivity index (χ2v) is 17.7. The van der Waals surface area contributed by atoms with Gasteiger partial charge in [0.15, 0.2) is 0 Å². The largest absolute Gasteiger partial charge is 0.491 e. The first-order valence-corrected chi connectivity index (χ1v) is 22.3. The number of nitrogens with zero attached hydrogens (tertiary/aromatic N) is 2. The highest BCUT2D eigenvalue weighted by Crippen LogP contribution is 2.40. The molecular formula is C59H56N2O. The maximum absolute atomic E-state index is 6.03. The summed E-state index contributed by atoms with van der Waals surface area (Å²) in [5.41, 5.74) is 15.5. The molecule has 1 aromatic heterocycles. The fourth-order valence-electron chi connectivity index (χ4n) is 9.09. The number of fused-ring (bicyclic) bond motifs is 3. The number of benzene rings is 8. The molecule has 3 heteroatoms. The zero-order valence-corrected chi connectivity index (χ0v) is 36.8. The molecule has 0 fully saturated rings. The van der Waals surface area contributed by atoms with E-state index >= 15 is 0 Å². The highest BCUT2D eigenvalue weighted by molar-refractivity contribution is 6.11. The molecule has 0 N–H and O–H groups in total. The molecule has 308 valence electrons. The van der Waals surface area contributed by atoms with E-state index < -0.39 is 0 Å². The second kappa shape index (κ2) is 17.6. The Kier molecular flexibility index (Phi) is 11.5. The monoisotopic (exact) mass is 808 g/mol. The van der Waals surface area contributed by atoms with Crippen molar-refractivity contribution in [2.24, 2.45) is 11.8 Å². The minimum absolute atomic E-state index is 0.119. The molecule has 3 nitrogen and oxygen atoms in total. The van der Waals surface area contributed by atoms with Crippen LogP contribution in [0.15, 0.2) is 194 Å². The Morgan fingerprint density at radius 2 is 0.871 bits per heavy atom. The maximum atomic E-state index is 6.03. The smallest absolute Gasteiger partial charge is 0.119 e. The SMILES string of the molecule is CC(C)CC(c1ccc(-c2ccc3c(c2)c2cc(-c4ccc(N(c5ccccc5)c5ccc(-c6ccccc6)cc5)cc4)ccc2n3-c2ccc(OC(C)C)cc2)cc1)C(C)C. The molecule has 1 unspecified atom stereocenters. The Balaban J connectivity index is 1.10. The Bertz CT molecular complexity index is 2890. The van der Waals surface area contributed by atoms with E-state index in [0.717, 1.165) is 28.5 Å². The molecule has 8 aromatic carbocycles. The number of hydrogen-bond donors (Lipinski definition) is 0. The molecule has 0 bridgehead atoms. The fraction of sp³-hybridized carbons (Fsp3) is 0.186. The van der Waals surface area contributed by atoms with Crippen molar-refractivity contribution < 1.29 is 4.74 Å². The number of ether oxygens (including phenoxy) is 1. The van der Waals surface area contributed by atoms with Crippen LogP contribution in [0.5, 0.6) is 5.75 Å². The van der Waals surface area contributed by atoms with Gasteiger partial charge < -0.3 is 14.2 Å². The third-order valence-electron chi connectivity index (χ3n) is 12.1. The van der Waals surface area contributed by atoms with E-state index in [-0.39, 0.29) is 6.10 Å². The van der Waals surface area contributed by atoms with Crippen LogP contribution >= 0.6 is 0 Å². The molecule has 0 saturated heterocycles. The molecule has 0 spiro atoms. The van der Waals surface area contributed by atoms with Crippen molar-refractivity contribution in [3.63, 3.8) is 0 Å². The quantitative estimate of drug-likeness (QED) is 0.115. The standard InChI is InChI=1S/C59H56N2O/c1-40(2)37-55(41(3)4)47-19-17-45(18-20-47)48-25-35-58-56(38-48)57-39-49(26-36-59(57)61(58)53-31-33-54(34-32-53)62-42(5)6)46-23-29-52(30-24-46)60(50-15-11-8-12-16-50)51-27-21-44(22-28-51)43-13-9-7-10-14-43/h7-36,38-42,55H,37H2,1-6H3. The van der Waals surface area contributed by atoms with Crippen molar-refractivity contribution in [1.82, 2.24) is 4.57 Å². The zero-order valence-electron chi connectivity index (χ0n) is 36.8. The first kappa shape index (κ1) is 40.6. The van der Waals surface area contributed by atoms with Crippen LogP contribution in [0.3, 0.4) is 0 Å². The second-order valence-electron chi connectivity index (χ2n) is 17.7. The molecule has 9 aromatic rings. The van der Waals surface area contributed by atoms with E-state index in [9.17, 15) is 0 Å². The Hall–Kier alpha value is -6.84. The molecule has 9 rings (SSSR count). The number of rotatable bonds is 13. The third-order valence-corrected chi connectivity index (χ3v) is 12.1. The van der Waals surface area contributed by atoms with Gasteiger partial charge in [-0.15, -0.1) is 0 Å². The lowest BCUT2D eigenvalue weighted by atomic mass is 9.82. The summed E-state index contributed by atoms with van der Waals surface area (Å²) in [6, 6.07) is 70.8. The van der Waals surface area contributed by atoms with Crippen LogP contribution in [-0.4, -0.2) is 10.7 Å². The van der Waals surface area contributed by atoms with Gasteiger partial charge in [0.25, 0.3) is 0 Å². The van der Waals surface area contributed by atoms with E-state index in [1.807, 2.05) is 0 Å². The lowest BCUT2D eigenvalue weighted by molar-refractivity contribution is 0.242. The number of aromatic nitrogens is 1. The van der Waals surface area contributed by atoms with Crippen molar-refractivity contribution in [2.75, 3.05) is 4.90 Å². The van der Waals surface area contributed by atoms with Gasteiger partial charge in [0.2, 0.25) is 0 Å². The molecule has 0 aliphatic heterocycles. The summed E-state index contributed by atoms with van der Waals surface area (Å²) in [6.45, 7) is 13.5. The Morgan fingerprint density at radius 1 is 0.435 bits per heavy atom. The molecule has 0 aliphatic rings. The van der Waals surface area contributed by atoms with Gasteiger partial charge in [-0.2, -0.15) is 0 Å². The summed E-state index contributed by atoms with van der Waals surface area (Å²) in [7, 11) is 0. The number of hydrogen-bond acceptors (Lipinski definition) is 2. The van der Waals surface area contributed by atoms with E-state index in [0.29, 0.717) is 17.8 Å². The lowest BCUT2D eigenvalue weighted by Gasteiger charge is -2.26. The van der Waals surface area contributed by atoms with Crippen LogP contribution in [0.4, 0.5) is 17.1 Å². The van der Waals surface area contributed by atoms with Crippen LogP contribution in [0.1, 0.15) is 59.4 Å². The molecule has 0 radical (unpaired) electrons. The van der Waals surface area contributed by atoms with E-state index in [1.54, 1.807) is 0 Å². The van der Waals surface area contributed by atoms with Crippen LogP contribution in [0.25, 0.3) is 60.9 Å². The van der Waals surface area contributed by atoms with Gasteiger partial charge in [-0.05, 0) is 162 Å². The van der Waals surface area contributed by atoms with E-state index in [4.69, 9.17) is 4.74 Å². The third kappa shape index (κ3) is 8.41. The molecule has 0 aliphatic carbocycles. The maximum Gasteiger partial charge on any atom is 0.119 e. The average Bonchev–Trinajstić information content (AvgIpc) is 3.62. The molecule has 0 amide bonds. The Labute approximate surface area is 367 Å². The van der Waals surface area contributed by atoms with Gasteiger partial charge in [-0.25, -0.2) is 0 Å². The van der Waals surface area contributed by atoms with Gasteiger partial charge in [-0.1, -0.05) is 137 Å². The van der Waals surface area contributed by atoms with Gasteiger partial charge in [-0.3, -0.25) is 0 Å². The summed E-state index contributed by atoms with van der Waals surface area (Å²) >= 11 is 0. The van der Waals surface area contributed by atoms with Crippen LogP contribution in [0, 0.1) is 11.8 Å². The fourth-order valence-corrected chi connectivity index (χ4v) is 9.09. The first-order valence-electron chi connectivity index (χ1n) is 22.3. The molecule has 1 heterocycles. The van der Waals surface area contributed by atoms with Gasteiger partial charge >= 0.3 is 0 Å². The van der Waals surface area contributed by atoms with E-state index in [2.05, 4.69) is 245 Å². The summed E-state index contributed by atoms with van der Waals surface area (Å²) in [6.07, 6.45) is 1.32. The summed E-state index contributed by atoms with van der Waals surface area (Å²) in [4.78, 5) is 2.33. The summed E-state index contributed by atoms with van der Waals surface area (Å²) < 4.78 is 8.42. The molecule has 0 saturated carbocycles. The first-order chi connectivity index (χ1) is 30.2. The Morgan fingerprint density at radius 3 is 1.35 bits per heavy atom. The average molecular weight is 809 g/mol. The molecule has 62 heavy (non-hydrogen) atoms. The highest BCUT2D eigenvalue weighted by Gasteiger charge is 2.19. The lowest BCUT2D eigenvalue weighted by Crippen LogP contribution is -2.09. The van der Waals surface area contributed by atoms with Gasteiger partial charge in [0.05, 0.1) is 17.1 Å². The topological polar surface area (TPSA) is 17.4 Å². The number of anilines is 3. The van der Waals surface area contributed by atoms with Crippen molar-refractivity contribution in [3.8, 4) is 44.8 Å².